The average Bonchev–Trinajstić information content (AvgIpc) is 2.27. The first-order valence-corrected chi connectivity index (χ1v) is 3.16. The van der Waals surface area contributed by atoms with Gasteiger partial charge in [0.05, 0.1) is 11.1 Å². The summed E-state index contributed by atoms with van der Waals surface area (Å²) in [6, 6.07) is 5.54. The molecule has 0 unspecified atom stereocenters. The van der Waals surface area contributed by atoms with E-state index < -0.39 is 11.9 Å². The lowest BCUT2D eigenvalue weighted by molar-refractivity contribution is 0.0692. The molecular weight excluding hydrogens is 158 g/mol. The Labute approximate surface area is 73.0 Å². The minimum Gasteiger partial charge on any atom is -0.478 e. The highest BCUT2D eigenvalue weighted by Gasteiger charge is 2.11. The van der Waals surface area contributed by atoms with Gasteiger partial charge in [0.1, 0.15) is 0 Å². The van der Waals surface area contributed by atoms with Crippen molar-refractivity contribution in [3.63, 3.8) is 0 Å². The summed E-state index contributed by atoms with van der Waals surface area (Å²) in [7, 11) is 0. The molecule has 62 valence electrons. The fraction of sp³-hybridized carbons (Fsp3) is 0. The van der Waals surface area contributed by atoms with E-state index in [9.17, 15) is 9.59 Å². The topological polar surface area (TPSA) is 80.4 Å². The van der Waals surface area contributed by atoms with Crippen LogP contribution in [0.4, 0.5) is 0 Å². The van der Waals surface area contributed by atoms with Crippen molar-refractivity contribution < 1.29 is 17.5 Å². The number of amides is 1. The van der Waals surface area contributed by atoms with Crippen LogP contribution in [0.2, 0.25) is 2.82 Å². The molecule has 1 aromatic rings. The highest BCUT2D eigenvalue weighted by Crippen LogP contribution is 2.06. The van der Waals surface area contributed by atoms with Gasteiger partial charge < -0.3 is 10.8 Å². The molecule has 0 saturated carbocycles. The molecule has 4 heteroatoms. The minimum absolute atomic E-state index is 0.137. The number of carboxylic acids is 1. The quantitative estimate of drug-likeness (QED) is 0.674. The highest BCUT2D eigenvalue weighted by molar-refractivity contribution is 6.03. The van der Waals surface area contributed by atoms with Crippen LogP contribution in [0.25, 0.3) is 1.43 Å². The van der Waals surface area contributed by atoms with E-state index in [1.54, 1.807) is 0 Å². The number of carboxylic acid groups (broad SMARTS) is 1. The Balaban J connectivity index is 3.18. The molecule has 1 aromatic carbocycles. The third-order valence-corrected chi connectivity index (χ3v) is 1.38. The number of carbonyl (C=O) groups is 2. The standard InChI is InChI=1S/C8H7NO3/c9-7(10)5-3-1-2-4-6(5)8(11)12/h1-4H,(H2,9,10)(H,11,12)/i/hD3. The Bertz CT molecular complexity index is 394. The van der Waals surface area contributed by atoms with Crippen LogP contribution < -0.4 is 5.72 Å². The zero-order valence-electron chi connectivity index (χ0n) is 8.98. The van der Waals surface area contributed by atoms with Crippen molar-refractivity contribution in [2.75, 3.05) is 0 Å². The molecule has 0 spiro atoms. The normalized spacial score (nSPS) is 12.2. The van der Waals surface area contributed by atoms with Crippen LogP contribution in [0, 0.1) is 0 Å². The molecule has 1 amide bonds. The van der Waals surface area contributed by atoms with E-state index in [1.165, 1.54) is 24.3 Å². The number of benzene rings is 1. The minimum atomic E-state index is -0.999. The number of rotatable bonds is 2. The van der Waals surface area contributed by atoms with E-state index in [2.05, 4.69) is 5.11 Å². The zero-order chi connectivity index (χ0) is 11.4. The zero-order valence-corrected chi connectivity index (χ0v) is 5.98. The molecule has 0 fully saturated rings. The fourth-order valence-electron chi connectivity index (χ4n) is 0.848. The van der Waals surface area contributed by atoms with Gasteiger partial charge in [-0.2, -0.15) is 0 Å². The average molecular weight is 168 g/mol. The number of hydrogen-bond donors (Lipinski definition) is 2. The van der Waals surface area contributed by atoms with Gasteiger partial charge in [-0.15, -0.1) is 0 Å². The number of carbonyl (C=O) groups excluding carboxylic acids is 1. The van der Waals surface area contributed by atoms with Gasteiger partial charge in [0.25, 0.3) is 1.43 Å². The van der Waals surface area contributed by atoms with E-state index in [-0.39, 0.29) is 16.8 Å². The summed E-state index contributed by atoms with van der Waals surface area (Å²) < 4.78 is 20.0. The lowest BCUT2D eigenvalue weighted by atomic mass is 10.1. The summed E-state index contributed by atoms with van der Waals surface area (Å²) >= 11 is 0. The molecular formula is C8H7NO3. The van der Waals surface area contributed by atoms with Crippen molar-refractivity contribution in [3.05, 3.63) is 35.4 Å². The lowest BCUT2D eigenvalue weighted by Crippen LogP contribution is -2.15. The second kappa shape index (κ2) is 3.04. The summed E-state index contributed by atoms with van der Waals surface area (Å²) in [5.41, 5.74) is -0.419. The number of aromatic carboxylic acids is 1. The second-order valence-corrected chi connectivity index (χ2v) is 2.14. The van der Waals surface area contributed by atoms with Crippen LogP contribution in [-0.4, -0.2) is 17.0 Å². The van der Waals surface area contributed by atoms with E-state index in [1.807, 2.05) is 0 Å². The SMILES string of the molecule is [2H]OC(=O)c1ccccc1C(=O)N([2H])[2H]. The van der Waals surface area contributed by atoms with Crippen molar-refractivity contribution in [2.24, 2.45) is 5.72 Å². The van der Waals surface area contributed by atoms with Crippen LogP contribution in [0.1, 0.15) is 20.7 Å². The van der Waals surface area contributed by atoms with Crippen molar-refractivity contribution in [1.82, 2.24) is 0 Å². The van der Waals surface area contributed by atoms with Crippen LogP contribution in [-0.2, 0) is 0 Å². The largest absolute Gasteiger partial charge is 0.478 e. The number of nitrogens with two attached hydrogens (primary N) is 1. The molecule has 0 heterocycles. The molecule has 1 rings (SSSR count). The molecule has 4 nitrogen and oxygen atoms in total. The Hall–Kier alpha value is -1.84. The van der Waals surface area contributed by atoms with E-state index in [0.717, 1.165) is 0 Å². The monoisotopic (exact) mass is 168 g/mol. The van der Waals surface area contributed by atoms with Gasteiger partial charge >= 0.3 is 5.97 Å². The van der Waals surface area contributed by atoms with E-state index in [0.29, 0.717) is 0 Å². The summed E-state index contributed by atoms with van der Waals surface area (Å²) in [4.78, 5) is 22.3. The Morgan fingerprint density at radius 2 is 2.08 bits per heavy atom. The summed E-state index contributed by atoms with van der Waals surface area (Å²) in [6.07, 6.45) is 0. The summed E-state index contributed by atoms with van der Waals surface area (Å²) in [5.74, 6) is -1.96. The highest BCUT2D eigenvalue weighted by atomic mass is 16.4. The molecule has 0 aliphatic heterocycles. The smallest absolute Gasteiger partial charge is 0.336 e. The molecule has 0 aliphatic carbocycles. The molecule has 0 aromatic heterocycles. The lowest BCUT2D eigenvalue weighted by Gasteiger charge is -1.99. The molecule has 0 saturated heterocycles. The van der Waals surface area contributed by atoms with Crippen LogP contribution in [0.5, 0.6) is 0 Å². The first-order valence-electron chi connectivity index (χ1n) is 4.47. The van der Waals surface area contributed by atoms with Gasteiger partial charge in [-0.3, -0.25) is 4.79 Å². The predicted molar refractivity (Wildman–Crippen MR) is 41.9 cm³/mol. The summed E-state index contributed by atoms with van der Waals surface area (Å²) in [6.45, 7) is 0. The Morgan fingerprint density at radius 1 is 1.42 bits per heavy atom. The first-order chi connectivity index (χ1) is 7.07. The Morgan fingerprint density at radius 3 is 2.67 bits per heavy atom. The van der Waals surface area contributed by atoms with Gasteiger partial charge in [0.15, 0.2) is 2.82 Å². The molecule has 0 radical (unpaired) electrons. The van der Waals surface area contributed by atoms with Crippen molar-refractivity contribution in [2.45, 2.75) is 0 Å². The maximum atomic E-state index is 11.3. The van der Waals surface area contributed by atoms with Gasteiger partial charge in [-0.05, 0) is 12.1 Å². The molecule has 0 bridgehead atoms. The van der Waals surface area contributed by atoms with Gasteiger partial charge in [-0.1, -0.05) is 12.1 Å². The van der Waals surface area contributed by atoms with E-state index in [4.69, 9.17) is 4.25 Å². The number of primary amides is 1. The predicted octanol–water partition coefficient (Wildman–Crippen LogP) is 0.484. The van der Waals surface area contributed by atoms with Gasteiger partial charge in [-0.25, -0.2) is 4.79 Å². The van der Waals surface area contributed by atoms with Crippen LogP contribution in [0.15, 0.2) is 24.3 Å². The maximum Gasteiger partial charge on any atom is 0.336 e. The molecule has 0 atom stereocenters. The Kier molecular flexibility index (Phi) is 1.25. The van der Waals surface area contributed by atoms with Crippen LogP contribution >= 0.6 is 0 Å². The third kappa shape index (κ3) is 1.42. The molecule has 12 heavy (non-hydrogen) atoms. The molecule has 0 aliphatic rings. The van der Waals surface area contributed by atoms with Crippen molar-refractivity contribution in [1.29, 1.82) is 1.43 Å². The van der Waals surface area contributed by atoms with E-state index >= 15 is 0 Å². The van der Waals surface area contributed by atoms with Crippen LogP contribution in [0.3, 0.4) is 0 Å². The fourth-order valence-corrected chi connectivity index (χ4v) is 0.848. The second-order valence-electron chi connectivity index (χ2n) is 2.14. The molecule has 3 N–H and O–H groups in total. The maximum absolute atomic E-state index is 11.3. The first kappa shape index (κ1) is 4.92. The third-order valence-electron chi connectivity index (χ3n) is 1.38. The van der Waals surface area contributed by atoms with Crippen molar-refractivity contribution in [3.8, 4) is 0 Å². The van der Waals surface area contributed by atoms with Gasteiger partial charge in [0.2, 0.25) is 5.91 Å². The van der Waals surface area contributed by atoms with Crippen molar-refractivity contribution >= 4 is 11.9 Å². The van der Waals surface area contributed by atoms with Gasteiger partial charge in [0, 0.05) is 0 Å². The number of hydrogen-bond acceptors (Lipinski definition) is 3. The summed E-state index contributed by atoms with van der Waals surface area (Å²) in [5, 5.41) is 3.72.